The van der Waals surface area contributed by atoms with Crippen molar-refractivity contribution in [3.8, 4) is 0 Å². The van der Waals surface area contributed by atoms with Crippen LogP contribution in [-0.2, 0) is 20.0 Å². The van der Waals surface area contributed by atoms with Gasteiger partial charge in [0.25, 0.3) is 0 Å². The summed E-state index contributed by atoms with van der Waals surface area (Å²) in [4.78, 5) is 1.78. The molecular formula is C11H22F6N2O4S2. The summed E-state index contributed by atoms with van der Waals surface area (Å²) in [6, 6.07) is 0. The van der Waals surface area contributed by atoms with Crippen molar-refractivity contribution in [3.63, 3.8) is 0 Å². The van der Waals surface area contributed by atoms with Crippen molar-refractivity contribution in [2.24, 2.45) is 0 Å². The molecular weight excluding hydrogens is 402 g/mol. The van der Waals surface area contributed by atoms with E-state index in [1.807, 2.05) is 0 Å². The Kier molecular flexibility index (Phi) is 11.2. The summed E-state index contributed by atoms with van der Waals surface area (Å²) < 4.78 is 109. The molecule has 0 aromatic rings. The largest absolute Gasteiger partial charge is 0.480 e. The third kappa shape index (κ3) is 10.2. The first-order chi connectivity index (χ1) is 11.1. The minimum Gasteiger partial charge on any atom is -0.421 e. The lowest BCUT2D eigenvalue weighted by Gasteiger charge is -2.22. The number of nitrogens with zero attached hydrogens (tertiary/aromatic N) is 1. The lowest BCUT2D eigenvalue weighted by molar-refractivity contribution is -0.900. The number of alkyl halides is 6. The molecule has 0 unspecified atom stereocenters. The maximum Gasteiger partial charge on any atom is 0.480 e. The summed E-state index contributed by atoms with van der Waals surface area (Å²) >= 11 is 0. The molecule has 0 saturated heterocycles. The predicted octanol–water partition coefficient (Wildman–Crippen LogP) is 2.16. The molecule has 0 spiro atoms. The molecule has 6 nitrogen and oxygen atoms in total. The van der Waals surface area contributed by atoms with Crippen LogP contribution in [0.3, 0.4) is 0 Å². The van der Waals surface area contributed by atoms with E-state index in [0.29, 0.717) is 0 Å². The van der Waals surface area contributed by atoms with E-state index in [0.717, 1.165) is 4.13 Å². The van der Waals surface area contributed by atoms with Crippen LogP contribution in [0.15, 0.2) is 0 Å². The smallest absolute Gasteiger partial charge is 0.421 e. The zero-order valence-electron chi connectivity index (χ0n) is 13.9. The van der Waals surface area contributed by atoms with Crippen LogP contribution in [0.2, 0.25) is 0 Å². The number of rotatable bonds is 8. The second-order valence-electron chi connectivity index (χ2n) is 4.92. The Hall–Kier alpha value is -0.600. The molecule has 1 N–H and O–H groups in total. The highest BCUT2D eigenvalue weighted by Gasteiger charge is 2.46. The third-order valence-corrected chi connectivity index (χ3v) is 5.33. The maximum absolute atomic E-state index is 11.4. The van der Waals surface area contributed by atoms with Crippen molar-refractivity contribution < 1.29 is 48.1 Å². The van der Waals surface area contributed by atoms with Gasteiger partial charge >= 0.3 is 11.0 Å². The molecule has 0 heterocycles. The van der Waals surface area contributed by atoms with Gasteiger partial charge < -0.3 is 9.03 Å². The van der Waals surface area contributed by atoms with Gasteiger partial charge in [0.2, 0.25) is 0 Å². The summed E-state index contributed by atoms with van der Waals surface area (Å²) in [5.74, 6) is 0. The molecule has 0 amide bonds. The minimum atomic E-state index is -6.72. The molecule has 0 aromatic heterocycles. The highest BCUT2D eigenvalue weighted by atomic mass is 32.3. The van der Waals surface area contributed by atoms with Gasteiger partial charge in [0, 0.05) is 0 Å². The molecule has 0 radical (unpaired) electrons. The quantitative estimate of drug-likeness (QED) is 0.605. The molecule has 0 rings (SSSR count). The van der Waals surface area contributed by atoms with Crippen molar-refractivity contribution in [3.05, 3.63) is 4.13 Å². The second-order valence-corrected chi connectivity index (χ2v) is 8.34. The molecule has 0 aliphatic carbocycles. The van der Waals surface area contributed by atoms with Crippen LogP contribution in [0, 0.1) is 0 Å². The van der Waals surface area contributed by atoms with Gasteiger partial charge in [-0.05, 0) is 19.3 Å². The zero-order valence-corrected chi connectivity index (χ0v) is 15.5. The number of nitrogens with one attached hydrogen (secondary N) is 1. The molecule has 0 aliphatic rings. The Morgan fingerprint density at radius 2 is 0.920 bits per heavy atom. The SMILES string of the molecule is CCC[NH+](CCC)CCC.O=S(=O)([N-]S(=O)(=O)C(F)(F)F)C(F)(F)F. The van der Waals surface area contributed by atoms with Gasteiger partial charge in [-0.15, -0.1) is 0 Å². The first kappa shape index (κ1) is 26.6. The summed E-state index contributed by atoms with van der Waals surface area (Å²) in [5, 5.41) is 0. The average Bonchev–Trinajstić information content (AvgIpc) is 2.36. The van der Waals surface area contributed by atoms with E-state index in [1.54, 1.807) is 4.90 Å². The average molecular weight is 424 g/mol. The summed E-state index contributed by atoms with van der Waals surface area (Å²) in [6.45, 7) is 10.9. The number of sulfonamides is 2. The Balaban J connectivity index is 0. The van der Waals surface area contributed by atoms with Crippen LogP contribution in [0.25, 0.3) is 4.13 Å². The Morgan fingerprint density at radius 3 is 1.08 bits per heavy atom. The van der Waals surface area contributed by atoms with Crippen LogP contribution in [0.5, 0.6) is 0 Å². The molecule has 0 atom stereocenters. The zero-order chi connectivity index (χ0) is 20.5. The molecule has 14 heteroatoms. The van der Waals surface area contributed by atoms with E-state index in [-0.39, 0.29) is 0 Å². The molecule has 0 aromatic carbocycles. The van der Waals surface area contributed by atoms with Gasteiger partial charge in [-0.2, -0.15) is 26.3 Å². The first-order valence-electron chi connectivity index (χ1n) is 7.26. The van der Waals surface area contributed by atoms with E-state index in [4.69, 9.17) is 0 Å². The van der Waals surface area contributed by atoms with Crippen LogP contribution in [0.4, 0.5) is 26.3 Å². The fourth-order valence-corrected chi connectivity index (χ4v) is 3.36. The summed E-state index contributed by atoms with van der Waals surface area (Å²) in [7, 11) is -13.4. The van der Waals surface area contributed by atoms with E-state index < -0.39 is 31.1 Å². The topological polar surface area (TPSA) is 86.8 Å². The van der Waals surface area contributed by atoms with Crippen molar-refractivity contribution in [1.82, 2.24) is 0 Å². The van der Waals surface area contributed by atoms with Gasteiger partial charge in [0.05, 0.1) is 19.6 Å². The number of hydrogen-bond donors (Lipinski definition) is 1. The predicted molar refractivity (Wildman–Crippen MR) is 79.7 cm³/mol. The lowest BCUT2D eigenvalue weighted by atomic mass is 10.3. The molecule has 0 aliphatic heterocycles. The minimum absolute atomic E-state index is 0.778. The fraction of sp³-hybridized carbons (Fsp3) is 1.00. The molecule has 0 saturated carbocycles. The van der Waals surface area contributed by atoms with Gasteiger partial charge in [-0.25, -0.2) is 16.8 Å². The van der Waals surface area contributed by atoms with Crippen molar-refractivity contribution in [2.75, 3.05) is 19.6 Å². The monoisotopic (exact) mass is 424 g/mol. The Labute approximate surface area is 143 Å². The highest BCUT2D eigenvalue weighted by Crippen LogP contribution is 2.36. The lowest BCUT2D eigenvalue weighted by Crippen LogP contribution is -3.11. The van der Waals surface area contributed by atoms with E-state index in [2.05, 4.69) is 20.8 Å². The summed E-state index contributed by atoms with van der Waals surface area (Å²) in [5.41, 5.74) is -12.4. The Morgan fingerprint density at radius 1 is 0.680 bits per heavy atom. The highest BCUT2D eigenvalue weighted by molar-refractivity contribution is 8.13. The standard InChI is InChI=1S/C9H21N.C2F6NO4S2/c1-4-7-10(8-5-2)9-6-3;3-1(4,5)14(10,11)9-15(12,13)2(6,7)8/h4-9H2,1-3H3;/q;-1/p+1. The molecule has 154 valence electrons. The van der Waals surface area contributed by atoms with E-state index in [1.165, 1.54) is 38.9 Å². The van der Waals surface area contributed by atoms with Crippen LogP contribution in [0.1, 0.15) is 40.0 Å². The van der Waals surface area contributed by atoms with Crippen molar-refractivity contribution in [2.45, 2.75) is 51.1 Å². The number of quaternary nitrogens is 1. The van der Waals surface area contributed by atoms with Crippen LogP contribution in [-0.4, -0.2) is 47.5 Å². The summed E-state index contributed by atoms with van der Waals surface area (Å²) in [6.07, 6.45) is 3.99. The van der Waals surface area contributed by atoms with E-state index >= 15 is 0 Å². The van der Waals surface area contributed by atoms with Gasteiger partial charge in [0.15, 0.2) is 20.0 Å². The van der Waals surface area contributed by atoms with Gasteiger partial charge in [0.1, 0.15) is 0 Å². The Bertz CT molecular complexity index is 516. The first-order valence-corrected chi connectivity index (χ1v) is 10.1. The fourth-order valence-electron chi connectivity index (χ4n) is 1.65. The molecule has 0 bridgehead atoms. The number of hydrogen-bond acceptors (Lipinski definition) is 4. The van der Waals surface area contributed by atoms with Crippen LogP contribution < -0.4 is 4.90 Å². The van der Waals surface area contributed by atoms with Gasteiger partial charge in [-0.1, -0.05) is 20.8 Å². The van der Waals surface area contributed by atoms with Crippen molar-refractivity contribution >= 4 is 20.0 Å². The van der Waals surface area contributed by atoms with Crippen LogP contribution >= 0.6 is 0 Å². The molecule has 25 heavy (non-hydrogen) atoms. The third-order valence-electron chi connectivity index (χ3n) is 2.59. The molecule has 0 fully saturated rings. The normalized spacial score (nSPS) is 13.5. The van der Waals surface area contributed by atoms with Crippen molar-refractivity contribution in [1.29, 1.82) is 0 Å². The van der Waals surface area contributed by atoms with Gasteiger partial charge in [-0.3, -0.25) is 0 Å². The van der Waals surface area contributed by atoms with E-state index in [9.17, 15) is 43.2 Å². The maximum atomic E-state index is 11.4. The second kappa shape index (κ2) is 10.5. The number of halogens is 6.